The van der Waals surface area contributed by atoms with Crippen LogP contribution in [0.15, 0.2) is 93.5 Å². The number of hydrogen-bond donors (Lipinski definition) is 1. The molecule has 212 valence electrons. The molecule has 0 aliphatic carbocycles. The first-order valence-electron chi connectivity index (χ1n) is 14.4. The molecule has 0 amide bonds. The van der Waals surface area contributed by atoms with E-state index in [2.05, 4.69) is 13.8 Å². The molecule has 39 heavy (non-hydrogen) atoms. The Hall–Kier alpha value is -3.12. The van der Waals surface area contributed by atoms with Gasteiger partial charge in [0.15, 0.2) is 0 Å². The molecule has 0 aliphatic heterocycles. The van der Waals surface area contributed by atoms with Crippen molar-refractivity contribution in [3.63, 3.8) is 0 Å². The molecule has 0 bridgehead atoms. The van der Waals surface area contributed by atoms with Crippen LogP contribution in [0.1, 0.15) is 78.1 Å². The summed E-state index contributed by atoms with van der Waals surface area (Å²) in [6.07, 6.45) is 10.5. The van der Waals surface area contributed by atoms with Crippen molar-refractivity contribution >= 4 is 16.5 Å². The van der Waals surface area contributed by atoms with Crippen molar-refractivity contribution < 1.29 is 23.6 Å². The highest BCUT2D eigenvalue weighted by atomic mass is 32.3. The van der Waals surface area contributed by atoms with Gasteiger partial charge in [0.05, 0.1) is 13.2 Å². The van der Waals surface area contributed by atoms with Gasteiger partial charge in [-0.2, -0.15) is 0 Å². The van der Waals surface area contributed by atoms with E-state index >= 15 is 0 Å². The third-order valence-electron chi connectivity index (χ3n) is 6.62. The highest BCUT2D eigenvalue weighted by Gasteiger charge is 2.36. The Kier molecular flexibility index (Phi) is 13.1. The maximum Gasteiger partial charge on any atom is 0.517 e. The van der Waals surface area contributed by atoms with Gasteiger partial charge in [-0.15, -0.1) is 0 Å². The summed E-state index contributed by atoms with van der Waals surface area (Å²) in [4.78, 5) is 14.5. The van der Waals surface area contributed by atoms with E-state index in [1.807, 2.05) is 78.9 Å². The maximum atomic E-state index is 12.1. The van der Waals surface area contributed by atoms with Gasteiger partial charge in [0.1, 0.15) is 11.5 Å². The number of carboxylic acid groups (broad SMARTS) is 1. The van der Waals surface area contributed by atoms with E-state index in [9.17, 15) is 9.90 Å². The normalized spacial score (nSPS) is 11.6. The summed E-state index contributed by atoms with van der Waals surface area (Å²) < 4.78 is 17.8. The molecule has 3 rings (SSSR count). The van der Waals surface area contributed by atoms with Crippen molar-refractivity contribution in [3.8, 4) is 11.5 Å². The van der Waals surface area contributed by atoms with Crippen LogP contribution < -0.4 is 9.47 Å². The van der Waals surface area contributed by atoms with Crippen LogP contribution in [0.25, 0.3) is 0 Å². The van der Waals surface area contributed by atoms with Crippen molar-refractivity contribution in [3.05, 3.63) is 78.9 Å². The van der Waals surface area contributed by atoms with Crippen LogP contribution in [0.4, 0.5) is 4.79 Å². The molecule has 5 nitrogen and oxygen atoms in total. The van der Waals surface area contributed by atoms with E-state index in [0.717, 1.165) is 51.9 Å². The second kappa shape index (κ2) is 16.8. The van der Waals surface area contributed by atoms with Gasteiger partial charge in [-0.3, -0.25) is 0 Å². The van der Waals surface area contributed by atoms with E-state index in [4.69, 9.17) is 13.7 Å². The lowest BCUT2D eigenvalue weighted by molar-refractivity contribution is 0.150. The summed E-state index contributed by atoms with van der Waals surface area (Å²) in [5, 5.41) is 9.90. The lowest BCUT2D eigenvalue weighted by atomic mass is 10.2. The minimum Gasteiger partial charge on any atom is -0.494 e. The molecule has 6 heteroatoms. The topological polar surface area (TPSA) is 65.0 Å². The molecule has 0 saturated heterocycles. The first-order chi connectivity index (χ1) is 19.1. The van der Waals surface area contributed by atoms with Gasteiger partial charge in [0.25, 0.3) is 0 Å². The van der Waals surface area contributed by atoms with Gasteiger partial charge in [-0.1, -0.05) is 83.4 Å². The fourth-order valence-electron chi connectivity index (χ4n) is 4.52. The van der Waals surface area contributed by atoms with E-state index in [-0.39, 0.29) is 0 Å². The van der Waals surface area contributed by atoms with Crippen molar-refractivity contribution in [2.45, 2.75) is 92.7 Å². The van der Waals surface area contributed by atoms with Crippen LogP contribution in [-0.2, 0) is 4.18 Å². The third kappa shape index (κ3) is 9.24. The Morgan fingerprint density at radius 3 is 1.41 bits per heavy atom. The molecular weight excluding hydrogens is 508 g/mol. The molecule has 0 saturated carbocycles. The summed E-state index contributed by atoms with van der Waals surface area (Å²) in [5.41, 5.74) is 0. The van der Waals surface area contributed by atoms with Crippen LogP contribution in [0.3, 0.4) is 0 Å². The van der Waals surface area contributed by atoms with E-state index < -0.39 is 16.5 Å². The zero-order valence-corrected chi connectivity index (χ0v) is 24.3. The van der Waals surface area contributed by atoms with E-state index in [1.165, 1.54) is 38.5 Å². The summed E-state index contributed by atoms with van der Waals surface area (Å²) >= 11 is 0. The second-order valence-corrected chi connectivity index (χ2v) is 12.4. The minimum absolute atomic E-state index is 0.672. The fourth-order valence-corrected chi connectivity index (χ4v) is 7.42. The van der Waals surface area contributed by atoms with E-state index in [1.54, 1.807) is 0 Å². The van der Waals surface area contributed by atoms with Gasteiger partial charge in [-0.05, 0) is 83.8 Å². The molecule has 0 unspecified atom stereocenters. The van der Waals surface area contributed by atoms with Crippen molar-refractivity contribution in [2.75, 3.05) is 13.2 Å². The Balaban J connectivity index is 1.83. The molecule has 3 aromatic carbocycles. The highest BCUT2D eigenvalue weighted by molar-refractivity contribution is 8.30. The predicted molar refractivity (Wildman–Crippen MR) is 159 cm³/mol. The van der Waals surface area contributed by atoms with Crippen LogP contribution in [0.5, 0.6) is 11.5 Å². The Morgan fingerprint density at radius 2 is 1.00 bits per heavy atom. The van der Waals surface area contributed by atoms with Crippen LogP contribution in [-0.4, -0.2) is 24.5 Å². The third-order valence-corrected chi connectivity index (χ3v) is 9.82. The number of rotatable bonds is 18. The monoisotopic (exact) mass is 552 g/mol. The number of ether oxygens (including phenoxy) is 2. The molecule has 3 aromatic rings. The second-order valence-electron chi connectivity index (χ2n) is 9.69. The molecule has 0 fully saturated rings. The smallest absolute Gasteiger partial charge is 0.494 e. The van der Waals surface area contributed by atoms with Crippen LogP contribution in [0.2, 0.25) is 0 Å². The van der Waals surface area contributed by atoms with Crippen LogP contribution in [0, 0.1) is 0 Å². The number of hydrogen-bond acceptors (Lipinski definition) is 4. The number of carbonyl (C=O) groups is 1. The molecule has 0 aliphatic rings. The summed E-state index contributed by atoms with van der Waals surface area (Å²) in [6.45, 7) is 5.77. The molecule has 0 aromatic heterocycles. The lowest BCUT2D eigenvalue weighted by Crippen LogP contribution is -2.12. The maximum absolute atomic E-state index is 12.1. The first-order valence-corrected chi connectivity index (χ1v) is 15.9. The first kappa shape index (κ1) is 30.4. The minimum atomic E-state index is -2.55. The largest absolute Gasteiger partial charge is 0.517 e. The molecule has 0 spiro atoms. The number of unbranched alkanes of at least 4 members (excludes halogenated alkanes) is 8. The Labute approximate surface area is 236 Å². The molecule has 0 heterocycles. The predicted octanol–water partition coefficient (Wildman–Crippen LogP) is 10.3. The zero-order valence-electron chi connectivity index (χ0n) is 23.5. The van der Waals surface area contributed by atoms with Gasteiger partial charge >= 0.3 is 6.16 Å². The zero-order chi connectivity index (χ0) is 27.8. The standard InChI is InChI=1S/C33H44O5S/c1-3-5-7-9-14-26-36-28-18-22-31(23-19-28)39(38-33(34)35,30-16-12-11-13-17-30)32-24-20-29(21-25-32)37-27-15-10-8-6-4-2/h11-13,16-25H,3-10,14-15,26-27H2,1-2H3,(H,34,35). The lowest BCUT2D eigenvalue weighted by Gasteiger charge is -2.38. The summed E-state index contributed by atoms with van der Waals surface area (Å²) in [7, 11) is -2.55. The van der Waals surface area contributed by atoms with Crippen molar-refractivity contribution in [1.82, 2.24) is 0 Å². The fraction of sp³-hybridized carbons (Fsp3) is 0.424. The van der Waals surface area contributed by atoms with Gasteiger partial charge < -0.3 is 18.8 Å². The average Bonchev–Trinajstić information content (AvgIpc) is 2.96. The SMILES string of the molecule is CCCCCCCOc1ccc(S(OC(=O)O)(c2ccccc2)c2ccc(OCCCCCCC)cc2)cc1. The average molecular weight is 553 g/mol. The number of benzene rings is 3. The Morgan fingerprint density at radius 1 is 0.590 bits per heavy atom. The van der Waals surface area contributed by atoms with E-state index in [0.29, 0.717) is 13.2 Å². The van der Waals surface area contributed by atoms with Gasteiger partial charge in [0.2, 0.25) is 0 Å². The van der Waals surface area contributed by atoms with Gasteiger partial charge in [0, 0.05) is 14.7 Å². The van der Waals surface area contributed by atoms with Crippen molar-refractivity contribution in [1.29, 1.82) is 0 Å². The molecule has 1 N–H and O–H groups in total. The Bertz CT molecular complexity index is 1020. The van der Waals surface area contributed by atoms with Crippen molar-refractivity contribution in [2.24, 2.45) is 0 Å². The van der Waals surface area contributed by atoms with Gasteiger partial charge in [-0.25, -0.2) is 4.79 Å². The highest BCUT2D eigenvalue weighted by Crippen LogP contribution is 2.69. The summed E-state index contributed by atoms with van der Waals surface area (Å²) in [5.74, 6) is 1.54. The molecule has 0 radical (unpaired) electrons. The quantitative estimate of drug-likeness (QED) is 0.159. The summed E-state index contributed by atoms with van der Waals surface area (Å²) in [6, 6.07) is 25.0. The molecular formula is C33H44O5S. The van der Waals surface area contributed by atoms with Crippen LogP contribution >= 0.6 is 10.3 Å². The molecule has 0 atom stereocenters.